The molecule has 0 spiro atoms. The number of carbonyl (C=O) groups excluding carboxylic acids is 2. The Bertz CT molecular complexity index is 459. The van der Waals surface area contributed by atoms with Gasteiger partial charge in [0.15, 0.2) is 0 Å². The average Bonchev–Trinajstić information content (AvgIpc) is 2.26. The minimum atomic E-state index is -0.773. The maximum atomic E-state index is 11.2. The molecule has 0 radical (unpaired) electrons. The first-order chi connectivity index (χ1) is 7.13. The summed E-state index contributed by atoms with van der Waals surface area (Å²) in [6.45, 7) is 0. The number of aldehydes is 1. The number of phenolic OH excluding ortho intramolecular Hbond substituents is 1. The van der Waals surface area contributed by atoms with Crippen molar-refractivity contribution in [3.05, 3.63) is 28.8 Å². The number of esters is 1. The molecule has 15 heavy (non-hydrogen) atoms. The van der Waals surface area contributed by atoms with Crippen LogP contribution in [0.25, 0.3) is 0 Å². The molecule has 0 aliphatic heterocycles. The monoisotopic (exact) mass is 205 g/mol. The molecule has 0 amide bonds. The summed E-state index contributed by atoms with van der Waals surface area (Å²) in [7, 11) is 1.15. The summed E-state index contributed by atoms with van der Waals surface area (Å²) in [5, 5.41) is 18.1. The Morgan fingerprint density at radius 3 is 2.73 bits per heavy atom. The van der Waals surface area contributed by atoms with Gasteiger partial charge in [0.25, 0.3) is 0 Å². The number of methoxy groups -OCH3 is 1. The Labute approximate surface area is 85.5 Å². The van der Waals surface area contributed by atoms with Gasteiger partial charge in [0.1, 0.15) is 23.7 Å². The molecular formula is C10H7NO4. The fourth-order valence-corrected chi connectivity index (χ4v) is 1.11. The van der Waals surface area contributed by atoms with E-state index in [0.29, 0.717) is 6.29 Å². The second-order valence-corrected chi connectivity index (χ2v) is 2.68. The molecule has 1 rings (SSSR count). The van der Waals surface area contributed by atoms with E-state index in [4.69, 9.17) is 5.26 Å². The van der Waals surface area contributed by atoms with E-state index < -0.39 is 11.7 Å². The Morgan fingerprint density at radius 1 is 1.60 bits per heavy atom. The number of nitriles is 1. The van der Waals surface area contributed by atoms with Gasteiger partial charge in [-0.1, -0.05) is 0 Å². The fraction of sp³-hybridized carbons (Fsp3) is 0.100. The Morgan fingerprint density at radius 2 is 2.27 bits per heavy atom. The van der Waals surface area contributed by atoms with Gasteiger partial charge in [-0.05, 0) is 12.1 Å². The van der Waals surface area contributed by atoms with Crippen molar-refractivity contribution in [3.63, 3.8) is 0 Å². The average molecular weight is 205 g/mol. The Kier molecular flexibility index (Phi) is 3.03. The van der Waals surface area contributed by atoms with Crippen LogP contribution in [0.15, 0.2) is 12.1 Å². The number of nitrogens with zero attached hydrogens (tertiary/aromatic N) is 1. The number of ether oxygens (including phenoxy) is 1. The zero-order valence-corrected chi connectivity index (χ0v) is 7.85. The lowest BCUT2D eigenvalue weighted by Crippen LogP contribution is -2.05. The number of phenols is 1. The summed E-state index contributed by atoms with van der Waals surface area (Å²) in [6, 6.07) is 3.96. The molecule has 0 saturated carbocycles. The molecule has 1 aromatic carbocycles. The van der Waals surface area contributed by atoms with E-state index in [1.165, 1.54) is 6.07 Å². The molecular weight excluding hydrogens is 198 g/mol. The summed E-state index contributed by atoms with van der Waals surface area (Å²) >= 11 is 0. The summed E-state index contributed by atoms with van der Waals surface area (Å²) in [5.74, 6) is -1.19. The zero-order chi connectivity index (χ0) is 11.4. The molecule has 0 aliphatic carbocycles. The minimum Gasteiger partial charge on any atom is -0.507 e. The molecule has 0 aromatic heterocycles. The number of carbonyl (C=O) groups is 2. The van der Waals surface area contributed by atoms with E-state index in [9.17, 15) is 14.7 Å². The van der Waals surface area contributed by atoms with Gasteiger partial charge in [-0.15, -0.1) is 0 Å². The lowest BCUT2D eigenvalue weighted by atomic mass is 10.0. The van der Waals surface area contributed by atoms with Crippen LogP contribution >= 0.6 is 0 Å². The second-order valence-electron chi connectivity index (χ2n) is 2.68. The highest BCUT2D eigenvalue weighted by Crippen LogP contribution is 2.22. The van der Waals surface area contributed by atoms with Gasteiger partial charge in [-0.3, -0.25) is 4.79 Å². The predicted molar refractivity (Wildman–Crippen MR) is 49.5 cm³/mol. The van der Waals surface area contributed by atoms with Crippen molar-refractivity contribution in [2.45, 2.75) is 0 Å². The lowest BCUT2D eigenvalue weighted by Gasteiger charge is -2.04. The SMILES string of the molecule is COC(=O)c1cc(C=O)cc(O)c1C#N. The molecule has 0 bridgehead atoms. The van der Waals surface area contributed by atoms with E-state index >= 15 is 0 Å². The molecule has 0 unspecified atom stereocenters. The zero-order valence-electron chi connectivity index (χ0n) is 7.85. The summed E-state index contributed by atoms with van der Waals surface area (Å²) < 4.78 is 4.42. The number of aromatic hydroxyl groups is 1. The molecule has 1 aromatic rings. The van der Waals surface area contributed by atoms with Crippen LogP contribution in [-0.2, 0) is 4.74 Å². The molecule has 5 heteroatoms. The molecule has 0 fully saturated rings. The summed E-state index contributed by atoms with van der Waals surface area (Å²) in [5.41, 5.74) is -0.221. The van der Waals surface area contributed by atoms with Crippen molar-refractivity contribution in [1.82, 2.24) is 0 Å². The highest BCUT2D eigenvalue weighted by atomic mass is 16.5. The summed E-state index contributed by atoms with van der Waals surface area (Å²) in [6.07, 6.45) is 0.466. The fourth-order valence-electron chi connectivity index (χ4n) is 1.11. The van der Waals surface area contributed by atoms with Gasteiger partial charge in [0.05, 0.1) is 12.7 Å². The quantitative estimate of drug-likeness (QED) is 0.571. The highest BCUT2D eigenvalue weighted by molar-refractivity contribution is 5.95. The molecule has 1 N–H and O–H groups in total. The first-order valence-electron chi connectivity index (χ1n) is 3.94. The van der Waals surface area contributed by atoms with Crippen molar-refractivity contribution in [2.75, 3.05) is 7.11 Å². The molecule has 0 saturated heterocycles. The van der Waals surface area contributed by atoms with Crippen LogP contribution in [-0.4, -0.2) is 24.5 Å². The minimum absolute atomic E-state index is 0.104. The smallest absolute Gasteiger partial charge is 0.339 e. The van der Waals surface area contributed by atoms with Crippen molar-refractivity contribution in [2.24, 2.45) is 0 Å². The van der Waals surface area contributed by atoms with Gasteiger partial charge in [0, 0.05) is 5.56 Å². The van der Waals surface area contributed by atoms with E-state index in [1.54, 1.807) is 6.07 Å². The third kappa shape index (κ3) is 1.94. The van der Waals surface area contributed by atoms with E-state index in [1.807, 2.05) is 0 Å². The lowest BCUT2D eigenvalue weighted by molar-refractivity contribution is 0.0600. The standard InChI is InChI=1S/C10H7NO4/c1-15-10(14)7-2-6(5-12)3-9(13)8(7)4-11/h2-3,5,13H,1H3. The first kappa shape index (κ1) is 10.7. The van der Waals surface area contributed by atoms with Crippen molar-refractivity contribution >= 4 is 12.3 Å². The number of rotatable bonds is 2. The van der Waals surface area contributed by atoms with Crippen molar-refractivity contribution in [3.8, 4) is 11.8 Å². The largest absolute Gasteiger partial charge is 0.507 e. The van der Waals surface area contributed by atoms with Crippen LogP contribution in [0.5, 0.6) is 5.75 Å². The van der Waals surface area contributed by atoms with Crippen molar-refractivity contribution in [1.29, 1.82) is 5.26 Å². The first-order valence-corrected chi connectivity index (χ1v) is 3.94. The Balaban J connectivity index is 3.47. The van der Waals surface area contributed by atoms with Crippen LogP contribution in [0.2, 0.25) is 0 Å². The van der Waals surface area contributed by atoms with Gasteiger partial charge in [-0.2, -0.15) is 5.26 Å². The molecule has 0 aliphatic rings. The van der Waals surface area contributed by atoms with E-state index in [-0.39, 0.29) is 16.7 Å². The van der Waals surface area contributed by atoms with Gasteiger partial charge in [-0.25, -0.2) is 4.79 Å². The molecule has 0 atom stereocenters. The molecule has 5 nitrogen and oxygen atoms in total. The third-order valence-corrected chi connectivity index (χ3v) is 1.79. The van der Waals surface area contributed by atoms with E-state index in [2.05, 4.69) is 4.74 Å². The van der Waals surface area contributed by atoms with Crippen molar-refractivity contribution < 1.29 is 19.4 Å². The van der Waals surface area contributed by atoms with Gasteiger partial charge >= 0.3 is 5.97 Å². The van der Waals surface area contributed by atoms with E-state index in [0.717, 1.165) is 13.2 Å². The van der Waals surface area contributed by atoms with Gasteiger partial charge < -0.3 is 9.84 Å². The number of hydrogen-bond donors (Lipinski definition) is 1. The van der Waals surface area contributed by atoms with Crippen LogP contribution in [0.3, 0.4) is 0 Å². The second kappa shape index (κ2) is 4.24. The predicted octanol–water partition coefficient (Wildman–Crippen LogP) is 0.863. The summed E-state index contributed by atoms with van der Waals surface area (Å²) in [4.78, 5) is 21.7. The van der Waals surface area contributed by atoms with Crippen LogP contribution in [0.1, 0.15) is 26.3 Å². The third-order valence-electron chi connectivity index (χ3n) is 1.79. The Hall–Kier alpha value is -2.35. The normalized spacial score (nSPS) is 9.07. The number of benzene rings is 1. The van der Waals surface area contributed by atoms with Crippen LogP contribution < -0.4 is 0 Å². The maximum Gasteiger partial charge on any atom is 0.339 e. The maximum absolute atomic E-state index is 11.2. The van der Waals surface area contributed by atoms with Crippen LogP contribution in [0.4, 0.5) is 0 Å². The van der Waals surface area contributed by atoms with Crippen LogP contribution in [0, 0.1) is 11.3 Å². The number of hydrogen-bond acceptors (Lipinski definition) is 5. The topological polar surface area (TPSA) is 87.4 Å². The highest BCUT2D eigenvalue weighted by Gasteiger charge is 2.16. The van der Waals surface area contributed by atoms with Gasteiger partial charge in [0.2, 0.25) is 0 Å². The molecule has 0 heterocycles. The molecule has 76 valence electrons.